The topological polar surface area (TPSA) is 97.8 Å². The number of anilines is 1. The van der Waals surface area contributed by atoms with Crippen molar-refractivity contribution >= 4 is 53.8 Å². The third-order valence-corrected chi connectivity index (χ3v) is 11.6. The van der Waals surface area contributed by atoms with Gasteiger partial charge >= 0.3 is 0 Å². The van der Waals surface area contributed by atoms with Gasteiger partial charge in [0.2, 0.25) is 16.8 Å². The summed E-state index contributed by atoms with van der Waals surface area (Å²) in [5.41, 5.74) is 4.29. The Labute approximate surface area is 252 Å². The Kier molecular flexibility index (Phi) is 7.75. The van der Waals surface area contributed by atoms with Crippen molar-refractivity contribution < 1.29 is 22.7 Å². The zero-order valence-corrected chi connectivity index (χ0v) is 25.8. The summed E-state index contributed by atoms with van der Waals surface area (Å²) in [7, 11) is -3.61. The first kappa shape index (κ1) is 28.4. The summed E-state index contributed by atoms with van der Waals surface area (Å²) in [4.78, 5) is 19.6. The maximum absolute atomic E-state index is 13.5. The lowest BCUT2D eigenvalue weighted by Gasteiger charge is -2.18. The molecular weight excluding hydrogens is 591 g/mol. The number of ether oxygens (including phenoxy) is 2. The lowest BCUT2D eigenvalue weighted by molar-refractivity contribution is 0.102. The molecule has 5 aromatic rings. The summed E-state index contributed by atoms with van der Waals surface area (Å²) in [5, 5.41) is 4.64. The number of hydrogen-bond donors (Lipinski definition) is 1. The standard InChI is InChI=1S/C31H29N3O5S3/c1-4-34(5-2)42(36,37)22-13-11-21(12-14-22)29(35)33-31-28(30-32-23-8-6-7-9-26(23)40-30)19(3)27(41-31)17-20-10-15-24-25(16-20)39-18-38-24/h6-16H,4-5,17-18H2,1-3H3,(H,33,35). The number of nitrogens with zero attached hydrogens (tertiary/aromatic N) is 2. The van der Waals surface area contributed by atoms with E-state index in [0.29, 0.717) is 30.1 Å². The molecular formula is C31H29N3O5S3. The Hall–Kier alpha value is -3.77. The molecule has 3 heterocycles. The zero-order chi connectivity index (χ0) is 29.4. The molecule has 0 aliphatic carbocycles. The molecule has 0 radical (unpaired) electrons. The van der Waals surface area contributed by atoms with Gasteiger partial charge in [-0.25, -0.2) is 13.4 Å². The minimum atomic E-state index is -3.61. The number of sulfonamides is 1. The molecule has 0 spiro atoms. The molecule has 11 heteroatoms. The molecule has 3 aromatic carbocycles. The number of carbonyl (C=O) groups excluding carboxylic acids is 1. The Morgan fingerprint density at radius 3 is 2.45 bits per heavy atom. The van der Waals surface area contributed by atoms with Gasteiger partial charge in [0.25, 0.3) is 5.91 Å². The summed E-state index contributed by atoms with van der Waals surface area (Å²) in [6.07, 6.45) is 0.652. The van der Waals surface area contributed by atoms with E-state index in [9.17, 15) is 13.2 Å². The molecule has 0 fully saturated rings. The van der Waals surface area contributed by atoms with Crippen LogP contribution in [0.25, 0.3) is 20.8 Å². The van der Waals surface area contributed by atoms with E-state index in [4.69, 9.17) is 14.5 Å². The fourth-order valence-electron chi connectivity index (χ4n) is 4.96. The van der Waals surface area contributed by atoms with E-state index >= 15 is 0 Å². The third-order valence-electron chi connectivity index (χ3n) is 7.24. The monoisotopic (exact) mass is 619 g/mol. The van der Waals surface area contributed by atoms with E-state index < -0.39 is 10.0 Å². The van der Waals surface area contributed by atoms with E-state index in [1.807, 2.05) is 42.5 Å². The Morgan fingerprint density at radius 2 is 1.71 bits per heavy atom. The number of aromatic nitrogens is 1. The van der Waals surface area contributed by atoms with Crippen LogP contribution in [0.4, 0.5) is 5.00 Å². The van der Waals surface area contributed by atoms with Gasteiger partial charge in [0.15, 0.2) is 11.5 Å². The van der Waals surface area contributed by atoms with E-state index in [1.165, 1.54) is 27.8 Å². The van der Waals surface area contributed by atoms with Gasteiger partial charge in [0.1, 0.15) is 10.0 Å². The summed E-state index contributed by atoms with van der Waals surface area (Å²) in [6, 6.07) is 20.0. The van der Waals surface area contributed by atoms with Gasteiger partial charge < -0.3 is 14.8 Å². The van der Waals surface area contributed by atoms with Crippen molar-refractivity contribution in [2.45, 2.75) is 32.1 Å². The Balaban J connectivity index is 1.34. The van der Waals surface area contributed by atoms with E-state index in [-0.39, 0.29) is 17.6 Å². The Morgan fingerprint density at radius 1 is 0.976 bits per heavy atom. The van der Waals surface area contributed by atoms with Crippen molar-refractivity contribution in [1.29, 1.82) is 0 Å². The molecule has 6 rings (SSSR count). The van der Waals surface area contributed by atoms with Crippen molar-refractivity contribution in [2.75, 3.05) is 25.2 Å². The van der Waals surface area contributed by atoms with Gasteiger partial charge in [0, 0.05) is 35.5 Å². The van der Waals surface area contributed by atoms with Crippen molar-refractivity contribution in [3.05, 3.63) is 88.3 Å². The molecule has 0 atom stereocenters. The third kappa shape index (κ3) is 5.29. The van der Waals surface area contributed by atoms with E-state index in [1.54, 1.807) is 37.3 Å². The summed E-state index contributed by atoms with van der Waals surface area (Å²) >= 11 is 3.10. The second kappa shape index (κ2) is 11.5. The van der Waals surface area contributed by atoms with Crippen molar-refractivity contribution in [3.8, 4) is 22.1 Å². The highest BCUT2D eigenvalue weighted by Crippen LogP contribution is 2.44. The van der Waals surface area contributed by atoms with Gasteiger partial charge in [-0.05, 0) is 66.6 Å². The largest absolute Gasteiger partial charge is 0.454 e. The SMILES string of the molecule is CCN(CC)S(=O)(=O)c1ccc(C(=O)Nc2sc(Cc3ccc4c(c3)OCO4)c(C)c2-c2nc3ccccc3s2)cc1. The molecule has 42 heavy (non-hydrogen) atoms. The van der Waals surface area contributed by atoms with Crippen molar-refractivity contribution in [3.63, 3.8) is 0 Å². The fourth-order valence-corrected chi connectivity index (χ4v) is 8.79. The lowest BCUT2D eigenvalue weighted by atomic mass is 10.1. The number of carbonyl (C=O) groups is 1. The van der Waals surface area contributed by atoms with Gasteiger partial charge in [-0.3, -0.25) is 4.79 Å². The van der Waals surface area contributed by atoms with E-state index in [2.05, 4.69) is 12.2 Å². The van der Waals surface area contributed by atoms with Crippen LogP contribution in [0.3, 0.4) is 0 Å². The number of thiophene rings is 1. The average Bonchev–Trinajstić information content (AvgIpc) is 3.70. The number of rotatable bonds is 9. The predicted octanol–water partition coefficient (Wildman–Crippen LogP) is 6.94. The molecule has 1 aliphatic heterocycles. The minimum absolute atomic E-state index is 0.163. The molecule has 8 nitrogen and oxygen atoms in total. The molecule has 0 saturated heterocycles. The quantitative estimate of drug-likeness (QED) is 0.192. The highest BCUT2D eigenvalue weighted by atomic mass is 32.2. The molecule has 2 aromatic heterocycles. The number of para-hydroxylation sites is 1. The van der Waals surface area contributed by atoms with Crippen LogP contribution in [-0.2, 0) is 16.4 Å². The Bertz CT molecular complexity index is 1860. The molecule has 0 unspecified atom stereocenters. The molecule has 0 saturated carbocycles. The van der Waals surface area contributed by atoms with Crippen LogP contribution in [0.2, 0.25) is 0 Å². The second-order valence-electron chi connectivity index (χ2n) is 9.77. The molecule has 1 amide bonds. The number of benzene rings is 3. The molecule has 1 N–H and O–H groups in total. The van der Waals surface area contributed by atoms with Crippen LogP contribution in [-0.4, -0.2) is 43.5 Å². The van der Waals surface area contributed by atoms with Gasteiger partial charge in [-0.2, -0.15) is 4.31 Å². The minimum Gasteiger partial charge on any atom is -0.454 e. The highest BCUT2D eigenvalue weighted by molar-refractivity contribution is 7.89. The van der Waals surface area contributed by atoms with Crippen LogP contribution in [0.1, 0.15) is 40.2 Å². The van der Waals surface area contributed by atoms with Crippen LogP contribution in [0, 0.1) is 6.92 Å². The first-order valence-corrected chi connectivity index (χ1v) is 16.6. The summed E-state index contributed by atoms with van der Waals surface area (Å²) in [6.45, 7) is 6.63. The fraction of sp³-hybridized carbons (Fsp3) is 0.226. The van der Waals surface area contributed by atoms with Crippen molar-refractivity contribution in [1.82, 2.24) is 9.29 Å². The molecule has 1 aliphatic rings. The van der Waals surface area contributed by atoms with Crippen LogP contribution in [0.5, 0.6) is 11.5 Å². The van der Waals surface area contributed by atoms with Crippen LogP contribution < -0.4 is 14.8 Å². The average molecular weight is 620 g/mol. The number of amides is 1. The predicted molar refractivity (Wildman–Crippen MR) is 168 cm³/mol. The van der Waals surface area contributed by atoms with Crippen molar-refractivity contribution in [2.24, 2.45) is 0 Å². The highest BCUT2D eigenvalue weighted by Gasteiger charge is 2.24. The smallest absolute Gasteiger partial charge is 0.256 e. The van der Waals surface area contributed by atoms with Crippen LogP contribution >= 0.6 is 22.7 Å². The zero-order valence-electron chi connectivity index (χ0n) is 23.3. The van der Waals surface area contributed by atoms with Gasteiger partial charge in [0.05, 0.1) is 15.1 Å². The molecule has 0 bridgehead atoms. The lowest BCUT2D eigenvalue weighted by Crippen LogP contribution is -2.30. The number of fused-ring (bicyclic) bond motifs is 2. The first-order valence-electron chi connectivity index (χ1n) is 13.6. The van der Waals surface area contributed by atoms with E-state index in [0.717, 1.165) is 48.3 Å². The normalized spacial score (nSPS) is 12.8. The van der Waals surface area contributed by atoms with Crippen LogP contribution in [0.15, 0.2) is 71.6 Å². The summed E-state index contributed by atoms with van der Waals surface area (Å²) < 4.78 is 39.3. The maximum atomic E-state index is 13.5. The molecule has 216 valence electrons. The number of thiazole rings is 1. The second-order valence-corrected chi connectivity index (χ2v) is 13.8. The number of hydrogen-bond acceptors (Lipinski definition) is 8. The summed E-state index contributed by atoms with van der Waals surface area (Å²) in [5.74, 6) is 1.15. The van der Waals surface area contributed by atoms with Gasteiger partial charge in [-0.1, -0.05) is 32.0 Å². The first-order chi connectivity index (χ1) is 20.3. The van der Waals surface area contributed by atoms with Gasteiger partial charge in [-0.15, -0.1) is 22.7 Å². The maximum Gasteiger partial charge on any atom is 0.256 e. The number of nitrogens with one attached hydrogen (secondary N) is 1.